The summed E-state index contributed by atoms with van der Waals surface area (Å²) in [7, 11) is 0. The number of halogens is 2. The molecule has 1 aromatic heterocycles. The van der Waals surface area contributed by atoms with Crippen LogP contribution >= 0.6 is 34.5 Å². The summed E-state index contributed by atoms with van der Waals surface area (Å²) in [5.74, 6) is 0.598. The van der Waals surface area contributed by atoms with Gasteiger partial charge in [0.25, 0.3) is 0 Å². The molecule has 2 aromatic rings. The van der Waals surface area contributed by atoms with E-state index in [1.165, 1.54) is 10.4 Å². The molecule has 0 atom stereocenters. The number of nitrogens with one attached hydrogen (secondary N) is 1. The summed E-state index contributed by atoms with van der Waals surface area (Å²) >= 11 is 14.5. The lowest BCUT2D eigenvalue weighted by Gasteiger charge is -2.11. The lowest BCUT2D eigenvalue weighted by atomic mass is 9.99. The molecule has 2 rings (SSSR count). The zero-order chi connectivity index (χ0) is 14.9. The molecule has 20 heavy (non-hydrogen) atoms. The molecule has 0 saturated carbocycles. The maximum atomic E-state index is 6.42. The molecule has 0 amide bonds. The minimum Gasteiger partial charge on any atom is -0.310 e. The highest BCUT2D eigenvalue weighted by Crippen LogP contribution is 2.41. The Morgan fingerprint density at radius 2 is 1.75 bits per heavy atom. The number of fused-ring (bicyclic) bond motifs is 1. The van der Waals surface area contributed by atoms with Crippen LogP contribution < -0.4 is 5.32 Å². The van der Waals surface area contributed by atoms with Crippen LogP contribution in [0, 0.1) is 5.92 Å². The van der Waals surface area contributed by atoms with E-state index in [1.807, 2.05) is 12.1 Å². The van der Waals surface area contributed by atoms with Crippen molar-refractivity contribution in [1.82, 2.24) is 5.32 Å². The Hall–Kier alpha value is -0.280. The van der Waals surface area contributed by atoms with E-state index in [9.17, 15) is 0 Å². The van der Waals surface area contributed by atoms with Gasteiger partial charge in [-0.3, -0.25) is 0 Å². The van der Waals surface area contributed by atoms with Crippen molar-refractivity contribution in [3.05, 3.63) is 32.6 Å². The smallest absolute Gasteiger partial charge is 0.0585 e. The molecule has 1 nitrogen and oxygen atoms in total. The average Bonchev–Trinajstić information content (AvgIpc) is 2.71. The maximum Gasteiger partial charge on any atom is 0.0585 e. The highest BCUT2D eigenvalue weighted by molar-refractivity contribution is 7.20. The molecular formula is C16H21Cl2NS. The number of thiophene rings is 1. The molecule has 1 heterocycles. The van der Waals surface area contributed by atoms with E-state index in [0.29, 0.717) is 12.0 Å². The van der Waals surface area contributed by atoms with Gasteiger partial charge in [0.15, 0.2) is 0 Å². The van der Waals surface area contributed by atoms with Crippen LogP contribution in [-0.2, 0) is 13.0 Å². The largest absolute Gasteiger partial charge is 0.310 e. The minimum atomic E-state index is 0.470. The maximum absolute atomic E-state index is 6.42. The SMILES string of the molecule is CC(C)Cc1c(CNC(C)C)sc2c(Cl)ccc(Cl)c12. The van der Waals surface area contributed by atoms with E-state index in [-0.39, 0.29) is 0 Å². The van der Waals surface area contributed by atoms with Crippen molar-refractivity contribution in [2.24, 2.45) is 5.92 Å². The number of hydrogen-bond donors (Lipinski definition) is 1. The summed E-state index contributed by atoms with van der Waals surface area (Å²) in [5.41, 5.74) is 1.36. The second-order valence-electron chi connectivity index (χ2n) is 5.87. The number of hydrogen-bond acceptors (Lipinski definition) is 2. The Kier molecular flexibility index (Phi) is 5.36. The molecule has 0 radical (unpaired) electrons. The third kappa shape index (κ3) is 3.48. The molecule has 1 aromatic carbocycles. The van der Waals surface area contributed by atoms with E-state index < -0.39 is 0 Å². The van der Waals surface area contributed by atoms with E-state index >= 15 is 0 Å². The standard InChI is InChI=1S/C16H21Cl2NS/c1-9(2)7-11-14(8-19-10(3)4)20-16-13(18)6-5-12(17)15(11)16/h5-6,9-10,19H,7-8H2,1-4H3. The van der Waals surface area contributed by atoms with Crippen molar-refractivity contribution >= 4 is 44.6 Å². The molecule has 0 bridgehead atoms. The van der Waals surface area contributed by atoms with Gasteiger partial charge in [0.05, 0.1) is 9.72 Å². The second-order valence-corrected chi connectivity index (χ2v) is 7.79. The zero-order valence-electron chi connectivity index (χ0n) is 12.4. The van der Waals surface area contributed by atoms with Gasteiger partial charge >= 0.3 is 0 Å². The molecule has 0 fully saturated rings. The van der Waals surface area contributed by atoms with Crippen LogP contribution in [0.4, 0.5) is 0 Å². The second kappa shape index (κ2) is 6.65. The first-order chi connectivity index (χ1) is 9.40. The van der Waals surface area contributed by atoms with Crippen molar-refractivity contribution in [3.63, 3.8) is 0 Å². The predicted molar refractivity (Wildman–Crippen MR) is 92.4 cm³/mol. The fourth-order valence-corrected chi connectivity index (χ4v) is 4.11. The number of rotatable bonds is 5. The van der Waals surface area contributed by atoms with Gasteiger partial charge in [-0.25, -0.2) is 0 Å². The molecule has 110 valence electrons. The summed E-state index contributed by atoms with van der Waals surface area (Å²) in [6.07, 6.45) is 1.04. The Morgan fingerprint density at radius 3 is 2.35 bits per heavy atom. The fraction of sp³-hybridized carbons (Fsp3) is 0.500. The van der Waals surface area contributed by atoms with Gasteiger partial charge in [-0.15, -0.1) is 11.3 Å². The molecule has 4 heteroatoms. The van der Waals surface area contributed by atoms with Gasteiger partial charge in [-0.2, -0.15) is 0 Å². The molecule has 0 spiro atoms. The van der Waals surface area contributed by atoms with Crippen LogP contribution in [0.25, 0.3) is 10.1 Å². The van der Waals surface area contributed by atoms with Crippen LogP contribution in [0.2, 0.25) is 10.0 Å². The van der Waals surface area contributed by atoms with Crippen molar-refractivity contribution in [2.45, 2.75) is 46.7 Å². The molecule has 0 aliphatic heterocycles. The Morgan fingerprint density at radius 1 is 1.10 bits per heavy atom. The van der Waals surface area contributed by atoms with Gasteiger partial charge in [0, 0.05) is 27.9 Å². The van der Waals surface area contributed by atoms with Gasteiger partial charge in [0.2, 0.25) is 0 Å². The summed E-state index contributed by atoms with van der Waals surface area (Å²) < 4.78 is 1.12. The molecule has 0 saturated heterocycles. The normalized spacial score (nSPS) is 12.0. The first kappa shape index (κ1) is 16.1. The van der Waals surface area contributed by atoms with E-state index in [0.717, 1.165) is 33.1 Å². The molecule has 0 aliphatic rings. The third-order valence-corrected chi connectivity index (χ3v) is 5.21. The summed E-state index contributed by atoms with van der Waals surface area (Å²) in [4.78, 5) is 1.36. The van der Waals surface area contributed by atoms with Crippen molar-refractivity contribution in [1.29, 1.82) is 0 Å². The Balaban J connectivity index is 2.54. The summed E-state index contributed by atoms with van der Waals surface area (Å²) in [6, 6.07) is 4.27. The quantitative estimate of drug-likeness (QED) is 0.719. The van der Waals surface area contributed by atoms with Crippen molar-refractivity contribution in [3.8, 4) is 0 Å². The zero-order valence-corrected chi connectivity index (χ0v) is 14.7. The first-order valence-electron chi connectivity index (χ1n) is 7.01. The topological polar surface area (TPSA) is 12.0 Å². The van der Waals surface area contributed by atoms with E-state index in [2.05, 4.69) is 33.0 Å². The van der Waals surface area contributed by atoms with Gasteiger partial charge in [0.1, 0.15) is 0 Å². The minimum absolute atomic E-state index is 0.470. The van der Waals surface area contributed by atoms with Crippen molar-refractivity contribution < 1.29 is 0 Å². The Labute approximate surface area is 135 Å². The molecule has 0 aliphatic carbocycles. The predicted octanol–water partition coefficient (Wildman–Crippen LogP) is 5.90. The van der Waals surface area contributed by atoms with E-state index in [4.69, 9.17) is 23.2 Å². The van der Waals surface area contributed by atoms with Gasteiger partial charge in [-0.05, 0) is 30.0 Å². The lowest BCUT2D eigenvalue weighted by Crippen LogP contribution is -2.21. The van der Waals surface area contributed by atoms with Crippen LogP contribution in [0.3, 0.4) is 0 Å². The highest BCUT2D eigenvalue weighted by Gasteiger charge is 2.17. The van der Waals surface area contributed by atoms with Gasteiger partial charge < -0.3 is 5.32 Å². The summed E-state index contributed by atoms with van der Waals surface area (Å²) in [6.45, 7) is 9.68. The fourth-order valence-electron chi connectivity index (χ4n) is 2.30. The Bertz CT molecular complexity index is 602. The van der Waals surface area contributed by atoms with Crippen LogP contribution in [-0.4, -0.2) is 6.04 Å². The van der Waals surface area contributed by atoms with E-state index in [1.54, 1.807) is 11.3 Å². The molecular weight excluding hydrogens is 309 g/mol. The van der Waals surface area contributed by atoms with Crippen LogP contribution in [0.5, 0.6) is 0 Å². The van der Waals surface area contributed by atoms with Gasteiger partial charge in [-0.1, -0.05) is 50.9 Å². The monoisotopic (exact) mass is 329 g/mol. The third-order valence-electron chi connectivity index (χ3n) is 3.21. The average molecular weight is 330 g/mol. The lowest BCUT2D eigenvalue weighted by molar-refractivity contribution is 0.585. The van der Waals surface area contributed by atoms with Crippen LogP contribution in [0.15, 0.2) is 12.1 Å². The summed E-state index contributed by atoms with van der Waals surface area (Å²) in [5, 5.41) is 6.26. The highest BCUT2D eigenvalue weighted by atomic mass is 35.5. The number of benzene rings is 1. The molecule has 0 unspecified atom stereocenters. The first-order valence-corrected chi connectivity index (χ1v) is 8.59. The molecule has 1 N–H and O–H groups in total. The van der Waals surface area contributed by atoms with Crippen molar-refractivity contribution in [2.75, 3.05) is 0 Å². The van der Waals surface area contributed by atoms with Crippen LogP contribution in [0.1, 0.15) is 38.1 Å².